The van der Waals surface area contributed by atoms with Crippen molar-refractivity contribution in [2.45, 2.75) is 26.2 Å². The zero-order valence-corrected chi connectivity index (χ0v) is 15.5. The third kappa shape index (κ3) is 3.25. The molecular weight excluding hydrogens is 342 g/mol. The summed E-state index contributed by atoms with van der Waals surface area (Å²) in [6.45, 7) is 7.37. The Hall–Kier alpha value is -2.57. The summed E-state index contributed by atoms with van der Waals surface area (Å²) >= 11 is 5.71. The first-order valence-corrected chi connectivity index (χ1v) is 9.26. The minimum atomic E-state index is 0.640. The van der Waals surface area contributed by atoms with Gasteiger partial charge in [-0.05, 0) is 29.9 Å². The maximum absolute atomic E-state index is 5.71. The average Bonchev–Trinajstić information content (AvgIpc) is 2.99. The molecule has 5 nitrogen and oxygen atoms in total. The number of aromatic nitrogens is 4. The lowest BCUT2D eigenvalue weighted by Gasteiger charge is -2.25. The molecule has 0 saturated carbocycles. The first-order valence-electron chi connectivity index (χ1n) is 8.85. The Morgan fingerprint density at radius 3 is 2.81 bits per heavy atom. The van der Waals surface area contributed by atoms with Crippen LogP contribution in [0.25, 0.3) is 11.4 Å². The number of quaternary nitrogens is 1. The van der Waals surface area contributed by atoms with E-state index < -0.39 is 0 Å². The monoisotopic (exact) mass is 364 g/mol. The van der Waals surface area contributed by atoms with Crippen LogP contribution in [-0.4, -0.2) is 25.9 Å². The normalized spacial score (nSPS) is 16.2. The number of benzene rings is 1. The zero-order chi connectivity index (χ0) is 17.9. The Morgan fingerprint density at radius 2 is 2.04 bits per heavy atom. The Morgan fingerprint density at radius 1 is 1.19 bits per heavy atom. The average molecular weight is 364 g/mol. The molecule has 1 N–H and O–H groups in total. The maximum Gasteiger partial charge on any atom is 0.203 e. The quantitative estimate of drug-likeness (QED) is 0.558. The van der Waals surface area contributed by atoms with Gasteiger partial charge in [-0.15, -0.1) is 11.7 Å². The molecule has 1 atom stereocenters. The molecule has 4 rings (SSSR count). The van der Waals surface area contributed by atoms with E-state index in [2.05, 4.69) is 35.8 Å². The molecule has 0 aliphatic carbocycles. The van der Waals surface area contributed by atoms with E-state index in [9.17, 15) is 0 Å². The molecule has 1 unspecified atom stereocenters. The standard InChI is InChI=1S/C20H21N5S/c1-2-11-24-19(17-8-5-10-21-13-17)22-25(20(24)26)15-23-12-9-16-6-3-4-7-18(16)14-23/h2-8,10,13H,1,9,11-12,14-15H2/p+1. The Bertz CT molecular complexity index is 973. The SMILES string of the molecule is C=CCn1c(-c2cccnc2)nn(C[NH+]2CCc3ccccc3C2)c1=S. The van der Waals surface area contributed by atoms with Crippen molar-refractivity contribution in [3.05, 3.63) is 77.3 Å². The van der Waals surface area contributed by atoms with Crippen molar-refractivity contribution < 1.29 is 4.90 Å². The summed E-state index contributed by atoms with van der Waals surface area (Å²) in [4.78, 5) is 5.69. The summed E-state index contributed by atoms with van der Waals surface area (Å²) in [5, 5.41) is 4.82. The number of allylic oxidation sites excluding steroid dienone is 1. The molecule has 1 aromatic carbocycles. The fourth-order valence-corrected chi connectivity index (χ4v) is 3.80. The molecule has 2 aromatic heterocycles. The van der Waals surface area contributed by atoms with Crippen LogP contribution in [0.2, 0.25) is 0 Å². The number of pyridine rings is 1. The van der Waals surface area contributed by atoms with Crippen LogP contribution in [0.1, 0.15) is 11.1 Å². The largest absolute Gasteiger partial charge is 0.312 e. The molecule has 0 saturated heterocycles. The van der Waals surface area contributed by atoms with Crippen LogP contribution in [0.3, 0.4) is 0 Å². The van der Waals surface area contributed by atoms with Crippen molar-refractivity contribution in [1.29, 1.82) is 0 Å². The lowest BCUT2D eigenvalue weighted by atomic mass is 10.0. The second kappa shape index (κ2) is 7.35. The predicted octanol–water partition coefficient (Wildman–Crippen LogP) is 2.26. The Kier molecular flexibility index (Phi) is 4.77. The van der Waals surface area contributed by atoms with E-state index in [1.54, 1.807) is 6.20 Å². The van der Waals surface area contributed by atoms with Gasteiger partial charge in [-0.1, -0.05) is 30.3 Å². The molecule has 0 amide bonds. The third-order valence-corrected chi connectivity index (χ3v) is 5.27. The van der Waals surface area contributed by atoms with Crippen molar-refractivity contribution in [3.8, 4) is 11.4 Å². The van der Waals surface area contributed by atoms with Crippen LogP contribution >= 0.6 is 12.2 Å². The molecule has 3 heterocycles. The summed E-state index contributed by atoms with van der Waals surface area (Å²) in [6.07, 6.45) is 6.54. The molecule has 0 spiro atoms. The van der Waals surface area contributed by atoms with Gasteiger partial charge in [0.15, 0.2) is 12.5 Å². The van der Waals surface area contributed by atoms with Crippen LogP contribution in [-0.2, 0) is 26.2 Å². The van der Waals surface area contributed by atoms with Crippen LogP contribution in [0, 0.1) is 4.77 Å². The molecular formula is C20H22N5S+. The summed E-state index contributed by atoms with van der Waals surface area (Å²) < 4.78 is 4.70. The number of nitrogens with zero attached hydrogens (tertiary/aromatic N) is 4. The lowest BCUT2D eigenvalue weighted by Crippen LogP contribution is -3.11. The van der Waals surface area contributed by atoms with Crippen molar-refractivity contribution in [3.63, 3.8) is 0 Å². The maximum atomic E-state index is 5.71. The highest BCUT2D eigenvalue weighted by atomic mass is 32.1. The van der Waals surface area contributed by atoms with E-state index >= 15 is 0 Å². The van der Waals surface area contributed by atoms with E-state index in [0.717, 1.165) is 42.3 Å². The second-order valence-electron chi connectivity index (χ2n) is 6.60. The van der Waals surface area contributed by atoms with Gasteiger partial charge in [0, 0.05) is 36.5 Å². The first kappa shape index (κ1) is 16.9. The zero-order valence-electron chi connectivity index (χ0n) is 14.6. The minimum Gasteiger partial charge on any atom is -0.312 e. The molecule has 1 aliphatic heterocycles. The van der Waals surface area contributed by atoms with Gasteiger partial charge in [-0.2, -0.15) is 4.68 Å². The topological polar surface area (TPSA) is 40.1 Å². The Labute approximate surface area is 158 Å². The van der Waals surface area contributed by atoms with Gasteiger partial charge >= 0.3 is 0 Å². The van der Waals surface area contributed by atoms with Crippen molar-refractivity contribution in [2.24, 2.45) is 0 Å². The number of rotatable bonds is 5. The highest BCUT2D eigenvalue weighted by Gasteiger charge is 2.21. The van der Waals surface area contributed by atoms with Crippen LogP contribution < -0.4 is 4.90 Å². The van der Waals surface area contributed by atoms with Crippen LogP contribution in [0.5, 0.6) is 0 Å². The fourth-order valence-electron chi connectivity index (χ4n) is 3.54. The molecule has 1 aliphatic rings. The van der Waals surface area contributed by atoms with Gasteiger partial charge < -0.3 is 4.90 Å². The van der Waals surface area contributed by atoms with E-state index in [0.29, 0.717) is 6.54 Å². The highest BCUT2D eigenvalue weighted by Crippen LogP contribution is 2.17. The molecule has 6 heteroatoms. The van der Waals surface area contributed by atoms with Gasteiger partial charge in [0.1, 0.15) is 6.54 Å². The molecule has 0 radical (unpaired) electrons. The van der Waals surface area contributed by atoms with Crippen LogP contribution in [0.4, 0.5) is 0 Å². The minimum absolute atomic E-state index is 0.640. The summed E-state index contributed by atoms with van der Waals surface area (Å²) in [6, 6.07) is 12.6. The summed E-state index contributed by atoms with van der Waals surface area (Å²) in [5.74, 6) is 0.847. The van der Waals surface area contributed by atoms with Crippen LogP contribution in [0.15, 0.2) is 61.4 Å². The van der Waals surface area contributed by atoms with Crippen molar-refractivity contribution in [1.82, 2.24) is 19.3 Å². The number of fused-ring (bicyclic) bond motifs is 1. The van der Waals surface area contributed by atoms with Gasteiger partial charge in [0.2, 0.25) is 4.77 Å². The fraction of sp³-hybridized carbons (Fsp3) is 0.250. The van der Waals surface area contributed by atoms with E-state index in [4.69, 9.17) is 17.3 Å². The van der Waals surface area contributed by atoms with E-state index in [-0.39, 0.29) is 0 Å². The molecule has 0 bridgehead atoms. The summed E-state index contributed by atoms with van der Waals surface area (Å²) in [7, 11) is 0. The molecule has 0 fully saturated rings. The lowest BCUT2D eigenvalue weighted by molar-refractivity contribution is -0.939. The third-order valence-electron chi connectivity index (χ3n) is 4.83. The molecule has 3 aromatic rings. The van der Waals surface area contributed by atoms with Crippen molar-refractivity contribution in [2.75, 3.05) is 6.54 Å². The first-order chi connectivity index (χ1) is 12.8. The van der Waals surface area contributed by atoms with E-state index in [1.165, 1.54) is 16.0 Å². The number of hydrogen-bond donors (Lipinski definition) is 1. The number of nitrogens with one attached hydrogen (secondary N) is 1. The van der Waals surface area contributed by atoms with Gasteiger partial charge in [0.25, 0.3) is 0 Å². The van der Waals surface area contributed by atoms with Gasteiger partial charge in [0.05, 0.1) is 6.54 Å². The second-order valence-corrected chi connectivity index (χ2v) is 6.97. The molecule has 132 valence electrons. The van der Waals surface area contributed by atoms with E-state index in [1.807, 2.05) is 33.7 Å². The Balaban J connectivity index is 1.63. The van der Waals surface area contributed by atoms with Gasteiger partial charge in [-0.3, -0.25) is 9.55 Å². The highest BCUT2D eigenvalue weighted by molar-refractivity contribution is 7.71. The molecule has 26 heavy (non-hydrogen) atoms. The van der Waals surface area contributed by atoms with Gasteiger partial charge in [-0.25, -0.2) is 0 Å². The summed E-state index contributed by atoms with van der Waals surface area (Å²) in [5.41, 5.74) is 3.87. The predicted molar refractivity (Wildman–Crippen MR) is 104 cm³/mol. The number of hydrogen-bond acceptors (Lipinski definition) is 3. The smallest absolute Gasteiger partial charge is 0.203 e. The van der Waals surface area contributed by atoms with Crippen molar-refractivity contribution >= 4 is 12.2 Å².